The zero-order valence-electron chi connectivity index (χ0n) is 26.3. The van der Waals surface area contributed by atoms with Crippen LogP contribution in [0.5, 0.6) is 0 Å². The molecule has 0 nitrogen and oxygen atoms in total. The van der Waals surface area contributed by atoms with Crippen LogP contribution >= 0.6 is 0 Å². The standard InChI is InChI=1S/C21H25.C11H9.C8H8.2ClH.Zr/c1-20(2,3)16-7-9-18-14(12-16)11-15-13-17(21(4,5)6)8-10-19(15)18;1-2-6-10(7-3-1)11-8-4-5-9-11;1-2-8-6-4-3-5-7-8;;;/h7-10,12H,11H2,1-6H3;1-3,6-9H,4H2;1,3-7H,2H2;2*1H;/q;;;;;+2/p-2. The number of allylic oxidation sites excluding steroid dienone is 4. The minimum absolute atomic E-state index is 0. The van der Waals surface area contributed by atoms with E-state index in [9.17, 15) is 0 Å². The molecule has 0 aromatic heterocycles. The van der Waals surface area contributed by atoms with Gasteiger partial charge in [-0.05, 0) is 0 Å². The van der Waals surface area contributed by atoms with E-state index in [1.165, 1.54) is 39.0 Å². The van der Waals surface area contributed by atoms with Crippen LogP contribution in [0.3, 0.4) is 0 Å². The van der Waals surface area contributed by atoms with Crippen molar-refractivity contribution in [1.82, 2.24) is 0 Å². The molecule has 0 unspecified atom stereocenters. The molecular weight excluding hydrogens is 643 g/mol. The van der Waals surface area contributed by atoms with Gasteiger partial charge in [-0.2, -0.15) is 0 Å². The summed E-state index contributed by atoms with van der Waals surface area (Å²) in [6.07, 6.45) is 8.23. The van der Waals surface area contributed by atoms with E-state index in [0.29, 0.717) is 0 Å². The Hall–Kier alpha value is -2.31. The van der Waals surface area contributed by atoms with E-state index in [0.717, 1.165) is 19.3 Å². The first-order chi connectivity index (χ1) is 19.6. The second-order valence-electron chi connectivity index (χ2n) is 13.8. The van der Waals surface area contributed by atoms with Crippen LogP contribution in [-0.2, 0) is 44.9 Å². The summed E-state index contributed by atoms with van der Waals surface area (Å²) in [6.45, 7) is 14.2. The Labute approximate surface area is 279 Å². The molecule has 0 N–H and O–H groups in total. The third-order valence-electron chi connectivity index (χ3n) is 8.73. The Morgan fingerprint density at radius 2 is 1.37 bits per heavy atom. The molecule has 0 spiro atoms. The summed E-state index contributed by atoms with van der Waals surface area (Å²) in [5, 5.41) is 0. The fourth-order valence-electron chi connectivity index (χ4n) is 6.45. The van der Waals surface area contributed by atoms with Crippen LogP contribution in [0.1, 0.15) is 81.3 Å². The molecular formula is C40H42Cl2Zr. The van der Waals surface area contributed by atoms with Gasteiger partial charge >= 0.3 is 256 Å². The summed E-state index contributed by atoms with van der Waals surface area (Å²) < 4.78 is 6.22. The maximum absolute atomic E-state index is 2.79. The van der Waals surface area contributed by atoms with E-state index in [2.05, 4.69) is 148 Å². The molecule has 220 valence electrons. The maximum Gasteiger partial charge on any atom is -1.00 e. The van der Waals surface area contributed by atoms with Gasteiger partial charge < -0.3 is 24.8 Å². The molecule has 0 heterocycles. The van der Waals surface area contributed by atoms with Crippen molar-refractivity contribution in [3.05, 3.63) is 140 Å². The molecule has 4 aromatic carbocycles. The van der Waals surface area contributed by atoms with Gasteiger partial charge in [0.05, 0.1) is 0 Å². The van der Waals surface area contributed by atoms with Crippen LogP contribution in [-0.4, -0.2) is 3.71 Å². The second kappa shape index (κ2) is 13.4. The summed E-state index contributed by atoms with van der Waals surface area (Å²) in [5.41, 5.74) is 13.5. The van der Waals surface area contributed by atoms with E-state index >= 15 is 0 Å². The van der Waals surface area contributed by atoms with E-state index in [1.807, 2.05) is 0 Å². The molecule has 43 heavy (non-hydrogen) atoms. The van der Waals surface area contributed by atoms with Gasteiger partial charge in [0.2, 0.25) is 0 Å². The predicted molar refractivity (Wildman–Crippen MR) is 175 cm³/mol. The number of hydrogen-bond acceptors (Lipinski definition) is 0. The van der Waals surface area contributed by atoms with E-state index < -0.39 is 21.3 Å². The van der Waals surface area contributed by atoms with Gasteiger partial charge in [-0.15, -0.1) is 0 Å². The van der Waals surface area contributed by atoms with Gasteiger partial charge in [-0.1, -0.05) is 0 Å². The van der Waals surface area contributed by atoms with Crippen molar-refractivity contribution in [3.8, 4) is 11.1 Å². The number of benzene rings is 4. The molecule has 0 saturated heterocycles. The Bertz CT molecular complexity index is 1700. The Kier molecular flexibility index (Phi) is 10.4. The molecule has 0 aliphatic heterocycles. The molecule has 0 amide bonds. The Balaban J connectivity index is 0.00000212. The zero-order valence-corrected chi connectivity index (χ0v) is 30.2. The van der Waals surface area contributed by atoms with Crippen molar-refractivity contribution in [3.63, 3.8) is 0 Å². The van der Waals surface area contributed by atoms with Gasteiger partial charge in [0, 0.05) is 0 Å². The van der Waals surface area contributed by atoms with Crippen LogP contribution in [0.4, 0.5) is 0 Å². The average Bonchev–Trinajstić information content (AvgIpc) is 3.58. The van der Waals surface area contributed by atoms with Crippen molar-refractivity contribution in [2.45, 2.75) is 71.6 Å². The van der Waals surface area contributed by atoms with Crippen LogP contribution in [0.15, 0.2) is 106 Å². The largest absolute Gasteiger partial charge is 1.00 e. The number of hydrogen-bond donors (Lipinski definition) is 0. The number of halogens is 2. The van der Waals surface area contributed by atoms with Crippen molar-refractivity contribution in [2.24, 2.45) is 0 Å². The number of fused-ring (bicyclic) bond motifs is 3. The molecule has 4 aromatic rings. The summed E-state index contributed by atoms with van der Waals surface area (Å²) in [4.78, 5) is 0. The van der Waals surface area contributed by atoms with Gasteiger partial charge in [0.1, 0.15) is 0 Å². The van der Waals surface area contributed by atoms with Gasteiger partial charge in [0.25, 0.3) is 0 Å². The van der Waals surface area contributed by atoms with E-state index in [-0.39, 0.29) is 35.6 Å². The molecule has 0 radical (unpaired) electrons. The molecule has 0 atom stereocenters. The second-order valence-corrected chi connectivity index (χ2v) is 19.6. The monoisotopic (exact) mass is 682 g/mol. The molecule has 2 aliphatic rings. The first-order valence-electron chi connectivity index (χ1n) is 15.1. The third-order valence-corrected chi connectivity index (χ3v) is 15.5. The fraction of sp³-hybridized carbons (Fsp3) is 0.275. The minimum atomic E-state index is -2.45. The third kappa shape index (κ3) is 7.01. The van der Waals surface area contributed by atoms with E-state index in [1.54, 1.807) is 17.7 Å². The minimum Gasteiger partial charge on any atom is -1.00 e. The van der Waals surface area contributed by atoms with Crippen LogP contribution < -0.4 is 28.1 Å². The van der Waals surface area contributed by atoms with Crippen molar-refractivity contribution >= 4 is 12.6 Å². The quantitative estimate of drug-likeness (QED) is 0.266. The number of rotatable bonds is 5. The van der Waals surface area contributed by atoms with Gasteiger partial charge in [-0.25, -0.2) is 0 Å². The summed E-state index contributed by atoms with van der Waals surface area (Å²) in [7, 11) is 0. The first-order valence-corrected chi connectivity index (χ1v) is 19.0. The zero-order chi connectivity index (χ0) is 28.8. The molecule has 0 saturated carbocycles. The normalized spacial score (nSPS) is 13.8. The topological polar surface area (TPSA) is 0 Å². The van der Waals surface area contributed by atoms with Crippen LogP contribution in [0.25, 0.3) is 16.7 Å². The van der Waals surface area contributed by atoms with Gasteiger partial charge in [0.15, 0.2) is 0 Å². The Morgan fingerprint density at radius 3 is 2.02 bits per heavy atom. The smallest absolute Gasteiger partial charge is 1.00 e. The summed E-state index contributed by atoms with van der Waals surface area (Å²) >= 11 is -2.45. The van der Waals surface area contributed by atoms with Crippen LogP contribution in [0.2, 0.25) is 0 Å². The average molecular weight is 685 g/mol. The van der Waals surface area contributed by atoms with Crippen molar-refractivity contribution in [1.29, 1.82) is 0 Å². The summed E-state index contributed by atoms with van der Waals surface area (Å²) in [5.74, 6) is 0. The Morgan fingerprint density at radius 1 is 0.721 bits per heavy atom. The van der Waals surface area contributed by atoms with E-state index in [4.69, 9.17) is 0 Å². The predicted octanol–water partition coefficient (Wildman–Crippen LogP) is 3.52. The van der Waals surface area contributed by atoms with Crippen molar-refractivity contribution in [2.75, 3.05) is 0 Å². The molecule has 3 heteroatoms. The van der Waals surface area contributed by atoms with Crippen LogP contribution in [0, 0.1) is 0 Å². The summed E-state index contributed by atoms with van der Waals surface area (Å²) in [6, 6.07) is 34.2. The SMILES string of the molecule is CC(C)(C)c1ccc2c(c1)Cc1c-2ccc(C(C)(C)C)[c]1[Zr+2](=[CH]Cc1ccccc1)[C]1=CC(c2ccccc2)=CC1.[Cl-].[Cl-]. The fourth-order valence-corrected chi connectivity index (χ4v) is 14.2. The molecule has 0 bridgehead atoms. The van der Waals surface area contributed by atoms with Gasteiger partial charge in [-0.3, -0.25) is 0 Å². The van der Waals surface area contributed by atoms with Crippen molar-refractivity contribution < 1.29 is 46.1 Å². The molecule has 2 aliphatic carbocycles. The first kappa shape index (κ1) is 33.6. The molecule has 0 fully saturated rings. The molecule has 6 rings (SSSR count). The maximum atomic E-state index is 2.79.